The highest BCUT2D eigenvalue weighted by Crippen LogP contribution is 2.65. The Balaban J connectivity index is 1.16. The normalized spacial score (nSPS) is 24.6. The molecule has 2 aliphatic heterocycles. The zero-order chi connectivity index (χ0) is 43.1. The second-order valence-corrected chi connectivity index (χ2v) is 16.6. The van der Waals surface area contributed by atoms with Crippen molar-refractivity contribution in [3.63, 3.8) is 0 Å². The van der Waals surface area contributed by atoms with E-state index in [0.29, 0.717) is 50.1 Å². The minimum atomic E-state index is -4.78. The van der Waals surface area contributed by atoms with Gasteiger partial charge in [-0.25, -0.2) is 4.98 Å². The van der Waals surface area contributed by atoms with Crippen molar-refractivity contribution in [2.75, 3.05) is 10.3 Å². The lowest BCUT2D eigenvalue weighted by molar-refractivity contribution is -0.139. The Morgan fingerprint density at radius 2 is 1.49 bits per heavy atom. The van der Waals surface area contributed by atoms with Gasteiger partial charge in [0.25, 0.3) is 11.8 Å². The van der Waals surface area contributed by atoms with Crippen molar-refractivity contribution in [1.82, 2.24) is 9.99 Å². The van der Waals surface area contributed by atoms with E-state index in [0.717, 1.165) is 4.90 Å². The molecule has 10 nitrogen and oxygen atoms in total. The number of hydrogen-bond acceptors (Lipinski definition) is 8. The molecule has 3 heterocycles. The summed E-state index contributed by atoms with van der Waals surface area (Å²) in [5, 5.41) is 11.0. The Bertz CT molecular complexity index is 2720. The van der Waals surface area contributed by atoms with Crippen molar-refractivity contribution in [3.05, 3.63) is 164 Å². The second kappa shape index (κ2) is 14.9. The molecule has 9 rings (SSSR count). The molecule has 4 amide bonds. The van der Waals surface area contributed by atoms with Crippen LogP contribution in [0.1, 0.15) is 51.4 Å². The molecule has 6 unspecified atom stereocenters. The second-order valence-electron chi connectivity index (χ2n) is 15.4. The molecule has 5 aromatic rings. The number of phenols is 1. The number of hydrazine groups is 1. The fraction of sp³-hybridized carbons (Fsp3) is 0.200. The number of amides is 4. The molecule has 0 radical (unpaired) electrons. The van der Waals surface area contributed by atoms with E-state index in [1.54, 1.807) is 66.7 Å². The molecule has 308 valence electrons. The summed E-state index contributed by atoms with van der Waals surface area (Å²) in [5.41, 5.74) is 1.92. The summed E-state index contributed by atoms with van der Waals surface area (Å²) >= 11 is 19.5. The van der Waals surface area contributed by atoms with Crippen LogP contribution in [0.3, 0.4) is 0 Å². The molecule has 1 aromatic heterocycles. The highest BCUT2D eigenvalue weighted by molar-refractivity contribution is 6.33. The number of alkyl halides is 3. The third-order valence-electron chi connectivity index (χ3n) is 12.3. The molecule has 2 N–H and O–H groups in total. The number of halogens is 6. The van der Waals surface area contributed by atoms with Crippen molar-refractivity contribution in [2.45, 2.75) is 30.4 Å². The Kier molecular flexibility index (Phi) is 9.84. The van der Waals surface area contributed by atoms with Crippen LogP contribution >= 0.6 is 34.8 Å². The summed E-state index contributed by atoms with van der Waals surface area (Å²) in [5.74, 6) is -8.44. The lowest BCUT2D eigenvalue weighted by Crippen LogP contribution is -2.53. The number of hydrogen-bond donors (Lipinski definition) is 2. The minimum absolute atomic E-state index is 0.0421. The van der Waals surface area contributed by atoms with Gasteiger partial charge in [0.05, 0.1) is 39.4 Å². The van der Waals surface area contributed by atoms with E-state index >= 15 is 4.79 Å². The molecule has 0 bridgehead atoms. The highest BCUT2D eigenvalue weighted by Gasteiger charge is 2.70. The van der Waals surface area contributed by atoms with Gasteiger partial charge in [-0.05, 0) is 84.5 Å². The lowest BCUT2D eigenvalue weighted by atomic mass is 9.49. The summed E-state index contributed by atoms with van der Waals surface area (Å²) < 4.78 is 40.6. The number of fused-ring (bicyclic) bond motifs is 4. The number of pyridine rings is 1. The third-order valence-corrected chi connectivity index (χ3v) is 13.1. The van der Waals surface area contributed by atoms with Gasteiger partial charge in [0.1, 0.15) is 5.75 Å². The third kappa shape index (κ3) is 6.40. The van der Waals surface area contributed by atoms with Gasteiger partial charge in [-0.15, -0.1) is 0 Å². The van der Waals surface area contributed by atoms with Crippen molar-refractivity contribution in [1.29, 1.82) is 0 Å². The van der Waals surface area contributed by atoms with Gasteiger partial charge in [0.15, 0.2) is 11.6 Å². The van der Waals surface area contributed by atoms with Gasteiger partial charge >= 0.3 is 6.18 Å². The quantitative estimate of drug-likeness (QED) is 0.0939. The van der Waals surface area contributed by atoms with Crippen LogP contribution in [-0.4, -0.2) is 44.5 Å². The number of aromatic hydroxyl groups is 1. The number of imide groups is 2. The predicted octanol–water partition coefficient (Wildman–Crippen LogP) is 9.19. The Morgan fingerprint density at radius 3 is 2.15 bits per heavy atom. The number of aromatic nitrogens is 1. The Labute approximate surface area is 360 Å². The van der Waals surface area contributed by atoms with Crippen molar-refractivity contribution < 1.29 is 42.3 Å². The van der Waals surface area contributed by atoms with Crippen LogP contribution in [0.25, 0.3) is 0 Å². The van der Waals surface area contributed by atoms with Gasteiger partial charge in [-0.3, -0.25) is 34.3 Å². The van der Waals surface area contributed by atoms with Crippen LogP contribution in [0.5, 0.6) is 5.75 Å². The average Bonchev–Trinajstić information content (AvgIpc) is 3.62. The number of anilines is 2. The summed E-state index contributed by atoms with van der Waals surface area (Å²) in [7, 11) is 0. The first-order valence-corrected chi connectivity index (χ1v) is 20.1. The fourth-order valence-corrected chi connectivity index (χ4v) is 10.3. The van der Waals surface area contributed by atoms with Crippen LogP contribution in [0, 0.1) is 23.7 Å². The molecule has 3 fully saturated rings. The van der Waals surface area contributed by atoms with E-state index in [4.69, 9.17) is 34.8 Å². The number of phenolic OH excluding ortho intramolecular Hbond substituents is 1. The summed E-state index contributed by atoms with van der Waals surface area (Å²) in [6.07, 6.45) is -2.48. The number of nitrogens with zero attached hydrogens (tertiary/aromatic N) is 3. The molecular formula is C45H30Cl3F3N4O6. The number of carbonyl (C=O) groups is 5. The van der Waals surface area contributed by atoms with Crippen LogP contribution in [0.15, 0.2) is 121 Å². The predicted molar refractivity (Wildman–Crippen MR) is 219 cm³/mol. The Morgan fingerprint density at radius 1 is 0.803 bits per heavy atom. The number of nitrogens with one attached hydrogen (secondary N) is 1. The molecule has 1 saturated carbocycles. The van der Waals surface area contributed by atoms with Gasteiger partial charge in [0, 0.05) is 33.3 Å². The molecule has 6 atom stereocenters. The van der Waals surface area contributed by atoms with Gasteiger partial charge < -0.3 is 5.11 Å². The van der Waals surface area contributed by atoms with E-state index in [2.05, 4.69) is 10.4 Å². The largest absolute Gasteiger partial charge is 0.508 e. The number of ketones is 1. The molecule has 61 heavy (non-hydrogen) atoms. The first-order chi connectivity index (χ1) is 29.1. The smallest absolute Gasteiger partial charge is 0.417 e. The fourth-order valence-electron chi connectivity index (χ4n) is 9.65. The maximum atomic E-state index is 15.4. The van der Waals surface area contributed by atoms with Gasteiger partial charge in [0.2, 0.25) is 11.8 Å². The molecule has 16 heteroatoms. The Hall–Kier alpha value is -6.02. The SMILES string of the molecule is O=C(c1ccccc1)c1ccc(N2C(=O)C3CC=C4C(CC5C(=O)N(Nc6ncc(C(F)(F)F)cc6Cl)C(=O)C5(c5ccc(Cl)cc5)C4c4ccc(O)cc4Cl)C3C2=O)cc1. The zero-order valence-electron chi connectivity index (χ0n) is 31.4. The minimum Gasteiger partial charge on any atom is -0.508 e. The topological polar surface area (TPSA) is 137 Å². The lowest BCUT2D eigenvalue weighted by Gasteiger charge is -2.50. The van der Waals surface area contributed by atoms with Crippen LogP contribution < -0.4 is 10.3 Å². The maximum Gasteiger partial charge on any atom is 0.417 e. The average molecular weight is 886 g/mol. The summed E-state index contributed by atoms with van der Waals surface area (Å²) in [6.45, 7) is 0. The highest BCUT2D eigenvalue weighted by atomic mass is 35.5. The van der Waals surface area contributed by atoms with Crippen molar-refractivity contribution in [3.8, 4) is 5.75 Å². The van der Waals surface area contributed by atoms with E-state index in [9.17, 15) is 37.5 Å². The van der Waals surface area contributed by atoms with E-state index in [1.165, 1.54) is 30.3 Å². The molecular weight excluding hydrogens is 856 g/mol. The zero-order valence-corrected chi connectivity index (χ0v) is 33.6. The first kappa shape index (κ1) is 40.4. The number of carbonyl (C=O) groups excluding carboxylic acids is 5. The number of rotatable bonds is 7. The van der Waals surface area contributed by atoms with E-state index < -0.39 is 81.2 Å². The molecule has 2 aliphatic carbocycles. The number of benzene rings is 4. The van der Waals surface area contributed by atoms with Gasteiger partial charge in [-0.2, -0.15) is 18.2 Å². The van der Waals surface area contributed by atoms with E-state index in [-0.39, 0.29) is 35.1 Å². The molecule has 2 saturated heterocycles. The van der Waals surface area contributed by atoms with Crippen LogP contribution in [0.4, 0.5) is 24.7 Å². The first-order valence-electron chi connectivity index (χ1n) is 19.0. The monoisotopic (exact) mass is 884 g/mol. The van der Waals surface area contributed by atoms with Gasteiger partial charge in [-0.1, -0.05) is 95.0 Å². The van der Waals surface area contributed by atoms with E-state index in [1.807, 2.05) is 6.08 Å². The van der Waals surface area contributed by atoms with Crippen LogP contribution in [-0.2, 0) is 30.8 Å². The number of allylic oxidation sites excluding steroid dienone is 2. The van der Waals surface area contributed by atoms with Crippen molar-refractivity contribution in [2.24, 2.45) is 23.7 Å². The molecule has 4 aliphatic rings. The van der Waals surface area contributed by atoms with Crippen molar-refractivity contribution >= 4 is 75.7 Å². The molecule has 4 aromatic carbocycles. The molecule has 0 spiro atoms. The summed E-state index contributed by atoms with van der Waals surface area (Å²) in [6, 6.07) is 25.9. The van der Waals surface area contributed by atoms with Crippen LogP contribution in [0.2, 0.25) is 15.1 Å². The summed E-state index contributed by atoms with van der Waals surface area (Å²) in [4.78, 5) is 77.3. The standard InChI is InChI=1S/C45H30Cl3F3N4O6/c46-26-10-8-24(9-11-26)44-33(41(59)55(43(44)61)53-39-35(48)18-25(21-52-39)45(49,50)51)20-32-29(37(44)30-15-14-28(56)19-34(30)47)16-17-31-36(32)42(60)54(40(31)58)27-12-6-23(7-13-27)38(57)22-4-2-1-3-5-22/h1-16,18-19,21,31-33,36-37,56H,17,20H2,(H,52,53). The maximum absolute atomic E-state index is 15.4.